The average Bonchev–Trinajstić information content (AvgIpc) is 3.32. The van der Waals surface area contributed by atoms with E-state index >= 15 is 0 Å². The lowest BCUT2D eigenvalue weighted by Crippen LogP contribution is -2.54. The van der Waals surface area contributed by atoms with Gasteiger partial charge in [-0.05, 0) is 105 Å². The van der Waals surface area contributed by atoms with Crippen molar-refractivity contribution >= 4 is 23.3 Å². The van der Waals surface area contributed by atoms with Gasteiger partial charge in [-0.2, -0.15) is 5.10 Å². The van der Waals surface area contributed by atoms with Crippen LogP contribution in [0.5, 0.6) is 0 Å². The van der Waals surface area contributed by atoms with Crippen molar-refractivity contribution in [1.82, 2.24) is 5.43 Å². The summed E-state index contributed by atoms with van der Waals surface area (Å²) < 4.78 is 6.00. The molecule has 0 aliphatic heterocycles. The zero-order valence-corrected chi connectivity index (χ0v) is 24.6. The molecule has 222 valence electrons. The number of non-ortho nitro benzene ring substituents is 1. The number of amides is 1. The van der Waals surface area contributed by atoms with E-state index in [9.17, 15) is 19.7 Å². The van der Waals surface area contributed by atoms with E-state index in [0.29, 0.717) is 35.7 Å². The van der Waals surface area contributed by atoms with Gasteiger partial charge in [-0.15, -0.1) is 0 Å². The number of hydrogen-bond donors (Lipinski definition) is 1. The number of nitro groups is 1. The molecular weight excluding hydrogens is 530 g/mol. The smallest absolute Gasteiger partial charge is 0.310 e. The van der Waals surface area contributed by atoms with E-state index in [1.165, 1.54) is 43.5 Å². The molecule has 8 nitrogen and oxygen atoms in total. The van der Waals surface area contributed by atoms with E-state index in [1.807, 2.05) is 30.3 Å². The third-order valence-electron chi connectivity index (χ3n) is 11.5. The highest BCUT2D eigenvalue weighted by molar-refractivity contribution is 5.97. The lowest BCUT2D eigenvalue weighted by molar-refractivity contribution is -0.384. The predicted molar refractivity (Wildman–Crippen MR) is 160 cm³/mol. The van der Waals surface area contributed by atoms with Crippen LogP contribution in [0.15, 0.2) is 59.7 Å². The van der Waals surface area contributed by atoms with Gasteiger partial charge in [0.1, 0.15) is 6.10 Å². The number of ether oxygens (including phenoxy) is 1. The van der Waals surface area contributed by atoms with Crippen LogP contribution in [0.3, 0.4) is 0 Å². The van der Waals surface area contributed by atoms with Crippen LogP contribution in [-0.4, -0.2) is 28.6 Å². The average molecular weight is 572 g/mol. The fourth-order valence-corrected chi connectivity index (χ4v) is 9.21. The maximum atomic E-state index is 12.7. The van der Waals surface area contributed by atoms with E-state index < -0.39 is 4.92 Å². The van der Waals surface area contributed by atoms with Crippen LogP contribution < -0.4 is 5.43 Å². The van der Waals surface area contributed by atoms with Crippen molar-refractivity contribution in [3.8, 4) is 0 Å². The summed E-state index contributed by atoms with van der Waals surface area (Å²) in [6, 6.07) is 15.4. The summed E-state index contributed by atoms with van der Waals surface area (Å²) in [4.78, 5) is 35.9. The van der Waals surface area contributed by atoms with Crippen molar-refractivity contribution in [3.63, 3.8) is 0 Å². The Morgan fingerprint density at radius 2 is 1.74 bits per heavy atom. The highest BCUT2D eigenvalue weighted by Crippen LogP contribution is 2.65. The Morgan fingerprint density at radius 3 is 2.48 bits per heavy atom. The van der Waals surface area contributed by atoms with Crippen LogP contribution in [0.1, 0.15) is 87.6 Å². The molecule has 0 unspecified atom stereocenters. The zero-order valence-electron chi connectivity index (χ0n) is 24.6. The molecule has 0 bridgehead atoms. The number of hydrazone groups is 1. The van der Waals surface area contributed by atoms with Crippen LogP contribution in [0.2, 0.25) is 0 Å². The van der Waals surface area contributed by atoms with Gasteiger partial charge in [-0.1, -0.05) is 44.2 Å². The molecule has 8 heteroatoms. The summed E-state index contributed by atoms with van der Waals surface area (Å²) in [5, 5.41) is 15.6. The maximum Gasteiger partial charge on any atom is 0.310 e. The minimum absolute atomic E-state index is 0.0166. The zero-order chi connectivity index (χ0) is 29.5. The summed E-state index contributed by atoms with van der Waals surface area (Å²) in [6.45, 7) is 4.85. The molecule has 42 heavy (non-hydrogen) atoms. The van der Waals surface area contributed by atoms with Gasteiger partial charge in [0.05, 0.1) is 11.3 Å². The summed E-state index contributed by atoms with van der Waals surface area (Å²) in [6.07, 6.45) is 10.0. The monoisotopic (exact) mass is 571 g/mol. The van der Waals surface area contributed by atoms with E-state index in [2.05, 4.69) is 24.4 Å². The quantitative estimate of drug-likeness (QED) is 0.231. The van der Waals surface area contributed by atoms with Gasteiger partial charge in [-0.3, -0.25) is 19.7 Å². The Bertz CT molecular complexity index is 1380. The maximum absolute atomic E-state index is 12.7. The molecule has 4 saturated carbocycles. The SMILES string of the molecule is C[C@]12CC[C@H](OC(=O)Cc3ccccc3)C[C@@H]1CC[C@@H]1[C@@H]2CC[C@]2(C)C(=NNC(=O)c3ccc([N+](=O)[O-])cc3)CC[C@@H]12. The molecule has 0 spiro atoms. The number of rotatable bonds is 6. The summed E-state index contributed by atoms with van der Waals surface area (Å²) in [7, 11) is 0. The molecule has 1 amide bonds. The summed E-state index contributed by atoms with van der Waals surface area (Å²) in [5.41, 5.74) is 5.41. The van der Waals surface area contributed by atoms with Crippen molar-refractivity contribution < 1.29 is 19.2 Å². The Labute approximate surface area is 247 Å². The molecule has 2 aromatic carbocycles. The van der Waals surface area contributed by atoms with Gasteiger partial charge in [0.25, 0.3) is 11.6 Å². The highest BCUT2D eigenvalue weighted by Gasteiger charge is 2.59. The fourth-order valence-electron chi connectivity index (χ4n) is 9.21. The summed E-state index contributed by atoms with van der Waals surface area (Å²) >= 11 is 0. The van der Waals surface area contributed by atoms with Gasteiger partial charge in [0.15, 0.2) is 0 Å². The third kappa shape index (κ3) is 5.25. The van der Waals surface area contributed by atoms with Crippen LogP contribution in [0.4, 0.5) is 5.69 Å². The first-order valence-corrected chi connectivity index (χ1v) is 15.5. The van der Waals surface area contributed by atoms with Crippen LogP contribution in [-0.2, 0) is 16.0 Å². The largest absolute Gasteiger partial charge is 0.462 e. The van der Waals surface area contributed by atoms with Gasteiger partial charge in [0, 0.05) is 28.8 Å². The normalized spacial score (nSPS) is 34.5. The Kier molecular flexibility index (Phi) is 7.66. The standard InChI is InChI=1S/C34H41N3O5/c1-33-18-16-26(42-31(38)20-22-6-4-3-5-7-22)21-24(33)10-13-27-28-14-15-30(34(28,2)19-17-29(27)33)35-36-32(39)23-8-11-25(12-9-23)37(40)41/h3-9,11-12,24,26-29H,10,13-21H2,1-2H3,(H,36,39)/t24-,26-,27-,28-,29-,33-,34-/m0/s1. The van der Waals surface area contributed by atoms with Crippen molar-refractivity contribution in [3.05, 3.63) is 75.8 Å². The first-order chi connectivity index (χ1) is 20.2. The fraction of sp³-hybridized carbons (Fsp3) is 0.559. The number of nitro benzene ring substituents is 1. The Balaban J connectivity index is 1.08. The van der Waals surface area contributed by atoms with Crippen molar-refractivity contribution in [1.29, 1.82) is 0 Å². The number of hydrogen-bond acceptors (Lipinski definition) is 6. The van der Waals surface area contributed by atoms with E-state index in [4.69, 9.17) is 4.74 Å². The molecule has 0 aromatic heterocycles. The second-order valence-electron chi connectivity index (χ2n) is 13.5. The molecular formula is C34H41N3O5. The van der Waals surface area contributed by atoms with E-state index in [-0.39, 0.29) is 34.5 Å². The molecule has 6 rings (SSSR count). The van der Waals surface area contributed by atoms with Gasteiger partial charge >= 0.3 is 5.97 Å². The Hall–Kier alpha value is -3.55. The van der Waals surface area contributed by atoms with Crippen molar-refractivity contribution in [2.75, 3.05) is 0 Å². The van der Waals surface area contributed by atoms with Gasteiger partial charge in [-0.25, -0.2) is 5.43 Å². The molecule has 0 radical (unpaired) electrons. The summed E-state index contributed by atoms with van der Waals surface area (Å²) in [5.74, 6) is 2.01. The number of esters is 1. The molecule has 4 aliphatic rings. The molecule has 0 heterocycles. The third-order valence-corrected chi connectivity index (χ3v) is 11.5. The number of nitrogens with one attached hydrogen (secondary N) is 1. The van der Waals surface area contributed by atoms with Crippen molar-refractivity contribution in [2.24, 2.45) is 39.6 Å². The molecule has 4 fully saturated rings. The second-order valence-corrected chi connectivity index (χ2v) is 13.5. The minimum atomic E-state index is -0.473. The first-order valence-electron chi connectivity index (χ1n) is 15.5. The van der Waals surface area contributed by atoms with Crippen LogP contribution in [0.25, 0.3) is 0 Å². The Morgan fingerprint density at radius 1 is 0.976 bits per heavy atom. The van der Waals surface area contributed by atoms with Crippen LogP contribution in [0, 0.1) is 44.6 Å². The lowest BCUT2D eigenvalue weighted by atomic mass is 9.45. The van der Waals surface area contributed by atoms with E-state index in [0.717, 1.165) is 49.8 Å². The lowest BCUT2D eigenvalue weighted by Gasteiger charge is -2.60. The number of carbonyl (C=O) groups is 2. The number of fused-ring (bicyclic) bond motifs is 5. The second kappa shape index (κ2) is 11.3. The molecule has 7 atom stereocenters. The molecule has 4 aliphatic carbocycles. The van der Waals surface area contributed by atoms with Crippen molar-refractivity contribution in [2.45, 2.75) is 84.2 Å². The first kappa shape index (κ1) is 28.6. The topological polar surface area (TPSA) is 111 Å². The minimum Gasteiger partial charge on any atom is -0.462 e. The molecule has 0 saturated heterocycles. The van der Waals surface area contributed by atoms with Gasteiger partial charge < -0.3 is 4.74 Å². The molecule has 2 aromatic rings. The highest BCUT2D eigenvalue weighted by atomic mass is 16.6. The predicted octanol–water partition coefficient (Wildman–Crippen LogP) is 6.88. The number of nitrogens with zero attached hydrogens (tertiary/aromatic N) is 2. The molecule has 1 N–H and O–H groups in total. The van der Waals surface area contributed by atoms with E-state index in [1.54, 1.807) is 0 Å². The number of benzene rings is 2. The number of carbonyl (C=O) groups excluding carboxylic acids is 2. The van der Waals surface area contributed by atoms with Gasteiger partial charge in [0.2, 0.25) is 0 Å². The van der Waals surface area contributed by atoms with Crippen LogP contribution >= 0.6 is 0 Å².